The Kier molecular flexibility index (Phi) is 1.48. The fourth-order valence-electron chi connectivity index (χ4n) is 1.30. The lowest BCUT2D eigenvalue weighted by Crippen LogP contribution is -2.03. The summed E-state index contributed by atoms with van der Waals surface area (Å²) >= 11 is 5.80. The quantitative estimate of drug-likeness (QED) is 0.628. The van der Waals surface area contributed by atoms with Crippen molar-refractivity contribution in [3.63, 3.8) is 0 Å². The summed E-state index contributed by atoms with van der Waals surface area (Å²) in [6.07, 6.45) is 3.98. The molecule has 0 unspecified atom stereocenters. The normalized spacial score (nSPS) is 20.4. The molecule has 0 bridgehead atoms. The summed E-state index contributed by atoms with van der Waals surface area (Å²) in [5, 5.41) is 0.766. The predicted molar refractivity (Wildman–Crippen MR) is 47.4 cm³/mol. The molecule has 0 aliphatic heterocycles. The molecular weight excluding hydrogens is 158 g/mol. The van der Waals surface area contributed by atoms with Crippen LogP contribution in [0.3, 0.4) is 0 Å². The van der Waals surface area contributed by atoms with Gasteiger partial charge in [-0.3, -0.25) is 0 Å². The van der Waals surface area contributed by atoms with Gasteiger partial charge in [0.15, 0.2) is 0 Å². The highest BCUT2D eigenvalue weighted by Crippen LogP contribution is 2.28. The van der Waals surface area contributed by atoms with Crippen molar-refractivity contribution in [2.24, 2.45) is 5.73 Å². The fourth-order valence-corrected chi connectivity index (χ4v) is 1.49. The summed E-state index contributed by atoms with van der Waals surface area (Å²) < 4.78 is 0. The molecule has 1 nitrogen and oxygen atoms in total. The summed E-state index contributed by atoms with van der Waals surface area (Å²) in [6.45, 7) is 0. The van der Waals surface area contributed by atoms with Gasteiger partial charge in [0.25, 0.3) is 0 Å². The van der Waals surface area contributed by atoms with Crippen molar-refractivity contribution in [3.8, 4) is 0 Å². The summed E-state index contributed by atoms with van der Waals surface area (Å²) in [7, 11) is 0. The Hall–Kier alpha value is -0.790. The van der Waals surface area contributed by atoms with Gasteiger partial charge in [0, 0.05) is 11.1 Å². The highest BCUT2D eigenvalue weighted by atomic mass is 35.5. The molecule has 2 N–H and O–H groups in total. The van der Waals surface area contributed by atoms with Crippen molar-refractivity contribution < 1.29 is 0 Å². The molecule has 2 rings (SSSR count). The molecule has 56 valence electrons. The topological polar surface area (TPSA) is 26.0 Å². The van der Waals surface area contributed by atoms with E-state index in [9.17, 15) is 0 Å². The van der Waals surface area contributed by atoms with Crippen molar-refractivity contribution in [2.45, 2.75) is 6.04 Å². The van der Waals surface area contributed by atoms with Crippen LogP contribution in [0.15, 0.2) is 24.3 Å². The molecule has 0 fully saturated rings. The van der Waals surface area contributed by atoms with Crippen LogP contribution in [0.5, 0.6) is 0 Å². The molecule has 0 saturated heterocycles. The molecule has 0 aromatic heterocycles. The van der Waals surface area contributed by atoms with Crippen molar-refractivity contribution in [1.82, 2.24) is 0 Å². The first-order chi connectivity index (χ1) is 5.27. The van der Waals surface area contributed by atoms with E-state index in [2.05, 4.69) is 0 Å². The zero-order valence-electron chi connectivity index (χ0n) is 5.92. The van der Waals surface area contributed by atoms with Crippen LogP contribution < -0.4 is 5.73 Å². The SMILES string of the molecule is N[C@@H]1C=Cc2cc(Cl)ccc21. The number of halogens is 1. The Morgan fingerprint density at radius 3 is 3.00 bits per heavy atom. The Labute approximate surface area is 70.5 Å². The van der Waals surface area contributed by atoms with Gasteiger partial charge >= 0.3 is 0 Å². The molecule has 1 aromatic rings. The van der Waals surface area contributed by atoms with E-state index in [1.165, 1.54) is 0 Å². The maximum absolute atomic E-state index is 5.80. The molecule has 0 radical (unpaired) electrons. The third kappa shape index (κ3) is 1.06. The van der Waals surface area contributed by atoms with Gasteiger partial charge in [0.05, 0.1) is 0 Å². The molecule has 0 spiro atoms. The first-order valence-corrected chi connectivity index (χ1v) is 3.88. The minimum absolute atomic E-state index is 0.0577. The number of hydrogen-bond acceptors (Lipinski definition) is 1. The van der Waals surface area contributed by atoms with E-state index in [1.54, 1.807) is 0 Å². The van der Waals surface area contributed by atoms with Crippen LogP contribution in [0.2, 0.25) is 5.02 Å². The average Bonchev–Trinajstić information content (AvgIpc) is 2.32. The van der Waals surface area contributed by atoms with Gasteiger partial charge < -0.3 is 5.73 Å². The zero-order valence-corrected chi connectivity index (χ0v) is 6.68. The summed E-state index contributed by atoms with van der Waals surface area (Å²) in [6, 6.07) is 5.83. The molecular formula is C9H8ClN. The van der Waals surface area contributed by atoms with Gasteiger partial charge in [-0.05, 0) is 23.3 Å². The van der Waals surface area contributed by atoms with Gasteiger partial charge in [0.2, 0.25) is 0 Å². The minimum Gasteiger partial charge on any atom is -0.321 e. The molecule has 0 saturated carbocycles. The second-order valence-electron chi connectivity index (χ2n) is 2.66. The van der Waals surface area contributed by atoms with Crippen LogP contribution in [-0.4, -0.2) is 0 Å². The Balaban J connectivity index is 2.58. The first-order valence-electron chi connectivity index (χ1n) is 3.50. The van der Waals surface area contributed by atoms with Crippen LogP contribution in [0, 0.1) is 0 Å². The maximum atomic E-state index is 5.80. The fraction of sp³-hybridized carbons (Fsp3) is 0.111. The zero-order chi connectivity index (χ0) is 7.84. The summed E-state index contributed by atoms with van der Waals surface area (Å²) in [5.41, 5.74) is 8.07. The summed E-state index contributed by atoms with van der Waals surface area (Å²) in [4.78, 5) is 0. The molecule has 1 aromatic carbocycles. The smallest absolute Gasteiger partial charge is 0.0490 e. The van der Waals surface area contributed by atoms with Crippen LogP contribution >= 0.6 is 11.6 Å². The third-order valence-electron chi connectivity index (χ3n) is 1.89. The molecule has 0 amide bonds. The number of fused-ring (bicyclic) bond motifs is 1. The lowest BCUT2D eigenvalue weighted by atomic mass is 10.1. The second kappa shape index (κ2) is 2.36. The van der Waals surface area contributed by atoms with Crippen LogP contribution in [-0.2, 0) is 0 Å². The maximum Gasteiger partial charge on any atom is 0.0490 e. The monoisotopic (exact) mass is 165 g/mol. The van der Waals surface area contributed by atoms with Crippen molar-refractivity contribution >= 4 is 17.7 Å². The second-order valence-corrected chi connectivity index (χ2v) is 3.09. The molecule has 1 aliphatic carbocycles. The van der Waals surface area contributed by atoms with E-state index in [4.69, 9.17) is 17.3 Å². The number of rotatable bonds is 0. The van der Waals surface area contributed by atoms with E-state index in [-0.39, 0.29) is 6.04 Å². The first kappa shape index (κ1) is 6.89. The highest BCUT2D eigenvalue weighted by molar-refractivity contribution is 6.30. The van der Waals surface area contributed by atoms with Crippen molar-refractivity contribution in [1.29, 1.82) is 0 Å². The van der Waals surface area contributed by atoms with Crippen LogP contribution in [0.1, 0.15) is 17.2 Å². The summed E-state index contributed by atoms with van der Waals surface area (Å²) in [5.74, 6) is 0. The lowest BCUT2D eigenvalue weighted by molar-refractivity contribution is 0.931. The Morgan fingerprint density at radius 1 is 1.36 bits per heavy atom. The minimum atomic E-state index is 0.0577. The molecule has 1 aliphatic rings. The van der Waals surface area contributed by atoms with Crippen LogP contribution in [0.25, 0.3) is 6.08 Å². The van der Waals surface area contributed by atoms with Gasteiger partial charge in [-0.1, -0.05) is 29.8 Å². The van der Waals surface area contributed by atoms with Gasteiger partial charge in [-0.2, -0.15) is 0 Å². The average molecular weight is 166 g/mol. The van der Waals surface area contributed by atoms with Crippen LogP contribution in [0.4, 0.5) is 0 Å². The standard InChI is InChI=1S/C9H8ClN/c10-7-2-3-8-6(5-7)1-4-9(8)11/h1-5,9H,11H2/t9-/m1/s1. The molecule has 0 heterocycles. The van der Waals surface area contributed by atoms with E-state index < -0.39 is 0 Å². The molecule has 2 heteroatoms. The molecule has 11 heavy (non-hydrogen) atoms. The van der Waals surface area contributed by atoms with E-state index in [0.29, 0.717) is 0 Å². The number of nitrogens with two attached hydrogens (primary N) is 1. The Morgan fingerprint density at radius 2 is 2.18 bits per heavy atom. The van der Waals surface area contributed by atoms with Gasteiger partial charge in [-0.25, -0.2) is 0 Å². The van der Waals surface area contributed by atoms with E-state index in [1.807, 2.05) is 30.4 Å². The Bertz CT molecular complexity index is 317. The largest absolute Gasteiger partial charge is 0.321 e. The number of benzene rings is 1. The third-order valence-corrected chi connectivity index (χ3v) is 2.13. The van der Waals surface area contributed by atoms with Gasteiger partial charge in [-0.15, -0.1) is 0 Å². The van der Waals surface area contributed by atoms with Gasteiger partial charge in [0.1, 0.15) is 0 Å². The van der Waals surface area contributed by atoms with Crippen molar-refractivity contribution in [2.75, 3.05) is 0 Å². The van der Waals surface area contributed by atoms with E-state index in [0.717, 1.165) is 16.1 Å². The number of hydrogen-bond donors (Lipinski definition) is 1. The highest BCUT2D eigenvalue weighted by Gasteiger charge is 2.12. The predicted octanol–water partition coefficient (Wildman–Crippen LogP) is 2.37. The lowest BCUT2D eigenvalue weighted by Gasteiger charge is -2.03. The van der Waals surface area contributed by atoms with Crippen molar-refractivity contribution in [3.05, 3.63) is 40.4 Å². The van der Waals surface area contributed by atoms with E-state index >= 15 is 0 Å². The molecule has 1 atom stereocenters.